The lowest BCUT2D eigenvalue weighted by Gasteiger charge is -2.21. The summed E-state index contributed by atoms with van der Waals surface area (Å²) in [6, 6.07) is 0. The molecule has 0 saturated carbocycles. The van der Waals surface area contributed by atoms with Gasteiger partial charge in [-0.1, -0.05) is 6.58 Å². The molecule has 0 aromatic carbocycles. The Morgan fingerprint density at radius 3 is 2.80 bits per heavy atom. The van der Waals surface area contributed by atoms with Gasteiger partial charge in [-0.15, -0.1) is 0 Å². The molecule has 0 atom stereocenters. The van der Waals surface area contributed by atoms with Crippen molar-refractivity contribution >= 4 is 0 Å². The molecule has 0 aliphatic carbocycles. The molecule has 1 fully saturated rings. The monoisotopic (exact) mass is 141 g/mol. The summed E-state index contributed by atoms with van der Waals surface area (Å²) in [5, 5.41) is 3.13. The van der Waals surface area contributed by atoms with E-state index in [0.29, 0.717) is 0 Å². The summed E-state index contributed by atoms with van der Waals surface area (Å²) in [4.78, 5) is 0. The van der Waals surface area contributed by atoms with Crippen LogP contribution in [0.1, 0.15) is 12.8 Å². The van der Waals surface area contributed by atoms with Gasteiger partial charge in [0.15, 0.2) is 0 Å². The molecule has 1 heterocycles. The molecule has 1 aliphatic heterocycles. The number of ether oxygens (including phenoxy) is 1. The van der Waals surface area contributed by atoms with Gasteiger partial charge in [-0.3, -0.25) is 0 Å². The maximum atomic E-state index is 5.23. The minimum absolute atomic E-state index is 0.798. The first-order valence-corrected chi connectivity index (χ1v) is 3.85. The number of rotatable bonds is 3. The Hall–Kier alpha value is -0.500. The van der Waals surface area contributed by atoms with E-state index in [9.17, 15) is 0 Å². The van der Waals surface area contributed by atoms with Gasteiger partial charge >= 0.3 is 0 Å². The Labute approximate surface area is 62.3 Å². The van der Waals surface area contributed by atoms with Crippen molar-refractivity contribution in [3.63, 3.8) is 0 Å². The van der Waals surface area contributed by atoms with E-state index in [0.717, 1.165) is 25.7 Å². The second-order valence-corrected chi connectivity index (χ2v) is 2.67. The highest BCUT2D eigenvalue weighted by molar-refractivity contribution is 4.70. The predicted molar refractivity (Wildman–Crippen MR) is 41.7 cm³/mol. The van der Waals surface area contributed by atoms with Crippen LogP contribution in [0.5, 0.6) is 0 Å². The summed E-state index contributed by atoms with van der Waals surface area (Å²) in [7, 11) is 0. The van der Waals surface area contributed by atoms with Gasteiger partial charge in [0.05, 0.1) is 0 Å². The van der Waals surface area contributed by atoms with Crippen LogP contribution in [-0.2, 0) is 4.74 Å². The maximum absolute atomic E-state index is 5.23. The number of hydrogen-bond acceptors (Lipinski definition) is 2. The molecule has 0 aromatic heterocycles. The highest BCUT2D eigenvalue weighted by Gasteiger charge is 2.11. The molecule has 0 amide bonds. The summed E-state index contributed by atoms with van der Waals surface area (Å²) in [5.74, 6) is 0.798. The molecule has 0 aromatic rings. The predicted octanol–water partition coefficient (Wildman–Crippen LogP) is 1.15. The van der Waals surface area contributed by atoms with Crippen molar-refractivity contribution in [2.75, 3.05) is 19.8 Å². The Kier molecular flexibility index (Phi) is 3.30. The Bertz CT molecular complexity index is 97.4. The molecule has 58 valence electrons. The van der Waals surface area contributed by atoms with Gasteiger partial charge in [0.2, 0.25) is 0 Å². The van der Waals surface area contributed by atoms with Crippen molar-refractivity contribution in [1.29, 1.82) is 0 Å². The Morgan fingerprint density at radius 1 is 1.50 bits per heavy atom. The molecule has 1 aliphatic rings. The van der Waals surface area contributed by atoms with E-state index in [4.69, 9.17) is 4.74 Å². The van der Waals surface area contributed by atoms with Gasteiger partial charge in [-0.25, -0.2) is 0 Å². The minimum Gasteiger partial charge on any atom is -0.391 e. The fraction of sp³-hybridized carbons (Fsp3) is 0.750. The van der Waals surface area contributed by atoms with Gasteiger partial charge in [-0.2, -0.15) is 0 Å². The van der Waals surface area contributed by atoms with Gasteiger partial charge in [0.1, 0.15) is 0 Å². The van der Waals surface area contributed by atoms with Crippen molar-refractivity contribution in [2.24, 2.45) is 5.92 Å². The Morgan fingerprint density at radius 2 is 2.20 bits per heavy atom. The molecule has 1 N–H and O–H groups in total. The van der Waals surface area contributed by atoms with Gasteiger partial charge in [0.25, 0.3) is 0 Å². The van der Waals surface area contributed by atoms with Crippen molar-refractivity contribution in [1.82, 2.24) is 5.32 Å². The van der Waals surface area contributed by atoms with Crippen LogP contribution in [0, 0.1) is 5.92 Å². The third-order valence-electron chi connectivity index (χ3n) is 1.89. The highest BCUT2D eigenvalue weighted by atomic mass is 16.5. The molecule has 0 bridgehead atoms. The fourth-order valence-corrected chi connectivity index (χ4v) is 1.20. The highest BCUT2D eigenvalue weighted by Crippen LogP contribution is 2.12. The van der Waals surface area contributed by atoms with Gasteiger partial charge in [-0.05, 0) is 25.0 Å². The van der Waals surface area contributed by atoms with E-state index < -0.39 is 0 Å². The SMILES string of the molecule is C=CNCC1CCOCC1. The molecule has 0 unspecified atom stereocenters. The van der Waals surface area contributed by atoms with Crippen molar-refractivity contribution in [2.45, 2.75) is 12.8 Å². The topological polar surface area (TPSA) is 21.3 Å². The standard InChI is InChI=1S/C8H15NO/c1-2-9-7-8-3-5-10-6-4-8/h2,8-9H,1,3-7H2. The third-order valence-corrected chi connectivity index (χ3v) is 1.89. The number of nitrogens with one attached hydrogen (secondary N) is 1. The van der Waals surface area contributed by atoms with E-state index in [1.54, 1.807) is 6.20 Å². The van der Waals surface area contributed by atoms with Crippen LogP contribution in [0.15, 0.2) is 12.8 Å². The van der Waals surface area contributed by atoms with Crippen LogP contribution in [0.4, 0.5) is 0 Å². The molecular weight excluding hydrogens is 126 g/mol. The van der Waals surface area contributed by atoms with Crippen LogP contribution in [0.3, 0.4) is 0 Å². The van der Waals surface area contributed by atoms with Gasteiger partial charge < -0.3 is 10.1 Å². The first-order chi connectivity index (χ1) is 4.93. The first-order valence-electron chi connectivity index (χ1n) is 3.85. The molecule has 1 rings (SSSR count). The average molecular weight is 141 g/mol. The second kappa shape index (κ2) is 4.34. The van der Waals surface area contributed by atoms with Crippen molar-refractivity contribution in [3.05, 3.63) is 12.8 Å². The average Bonchev–Trinajstić information content (AvgIpc) is 2.03. The molecule has 2 nitrogen and oxygen atoms in total. The van der Waals surface area contributed by atoms with Gasteiger partial charge in [0, 0.05) is 19.8 Å². The van der Waals surface area contributed by atoms with Crippen LogP contribution >= 0.6 is 0 Å². The zero-order valence-electron chi connectivity index (χ0n) is 6.31. The largest absolute Gasteiger partial charge is 0.391 e. The second-order valence-electron chi connectivity index (χ2n) is 2.67. The van der Waals surface area contributed by atoms with E-state index in [1.807, 2.05) is 0 Å². The molecular formula is C8H15NO. The minimum atomic E-state index is 0.798. The summed E-state index contributed by atoms with van der Waals surface area (Å²) >= 11 is 0. The zero-order chi connectivity index (χ0) is 7.23. The first kappa shape index (κ1) is 7.61. The van der Waals surface area contributed by atoms with E-state index in [-0.39, 0.29) is 0 Å². The van der Waals surface area contributed by atoms with Crippen LogP contribution in [0.25, 0.3) is 0 Å². The lowest BCUT2D eigenvalue weighted by Crippen LogP contribution is -2.24. The lowest BCUT2D eigenvalue weighted by molar-refractivity contribution is 0.0672. The summed E-state index contributed by atoms with van der Waals surface area (Å²) in [6.07, 6.45) is 4.15. The fourth-order valence-electron chi connectivity index (χ4n) is 1.20. The molecule has 1 saturated heterocycles. The maximum Gasteiger partial charge on any atom is 0.0469 e. The summed E-state index contributed by atoms with van der Waals surface area (Å²) in [5.41, 5.74) is 0. The molecule has 10 heavy (non-hydrogen) atoms. The van der Waals surface area contributed by atoms with E-state index in [1.165, 1.54) is 12.8 Å². The van der Waals surface area contributed by atoms with E-state index in [2.05, 4.69) is 11.9 Å². The smallest absolute Gasteiger partial charge is 0.0469 e. The van der Waals surface area contributed by atoms with Crippen LogP contribution < -0.4 is 5.32 Å². The molecule has 0 radical (unpaired) electrons. The van der Waals surface area contributed by atoms with Crippen molar-refractivity contribution < 1.29 is 4.74 Å². The molecule has 0 spiro atoms. The number of hydrogen-bond donors (Lipinski definition) is 1. The van der Waals surface area contributed by atoms with Crippen LogP contribution in [0.2, 0.25) is 0 Å². The zero-order valence-corrected chi connectivity index (χ0v) is 6.31. The lowest BCUT2D eigenvalue weighted by atomic mass is 10.0. The van der Waals surface area contributed by atoms with E-state index >= 15 is 0 Å². The van der Waals surface area contributed by atoms with Crippen molar-refractivity contribution in [3.8, 4) is 0 Å². The summed E-state index contributed by atoms with van der Waals surface area (Å²) < 4.78 is 5.23. The third kappa shape index (κ3) is 2.40. The summed E-state index contributed by atoms with van der Waals surface area (Å²) in [6.45, 7) is 6.53. The normalized spacial score (nSPS) is 20.4. The quantitative estimate of drug-likeness (QED) is 0.636. The molecule has 2 heteroatoms. The van der Waals surface area contributed by atoms with Crippen LogP contribution in [-0.4, -0.2) is 19.8 Å². The Balaban J connectivity index is 2.07.